The Labute approximate surface area is 96.6 Å². The van der Waals surface area contributed by atoms with Crippen molar-refractivity contribution in [3.8, 4) is 5.69 Å². The number of hydrogen-bond acceptors (Lipinski definition) is 4. The number of para-hydroxylation sites is 1. The second-order valence-electron chi connectivity index (χ2n) is 3.34. The molecule has 0 bridgehead atoms. The number of aromatic nitrogens is 4. The molecule has 88 valence electrons. The van der Waals surface area contributed by atoms with Crippen LogP contribution >= 0.6 is 0 Å². The second kappa shape index (κ2) is 4.60. The summed E-state index contributed by atoms with van der Waals surface area (Å²) in [7, 11) is 1.50. The number of tetrazole rings is 1. The lowest BCUT2D eigenvalue weighted by atomic mass is 10.3. The second-order valence-corrected chi connectivity index (χ2v) is 3.34. The molecular formula is C10H11N5O2. The number of nitrogens with one attached hydrogen (secondary N) is 1. The molecule has 0 spiro atoms. The van der Waals surface area contributed by atoms with E-state index in [-0.39, 0.29) is 12.5 Å². The van der Waals surface area contributed by atoms with Crippen molar-refractivity contribution in [1.82, 2.24) is 25.1 Å². The largest absolute Gasteiger partial charge is 0.368 e. The number of carbonyl (C=O) groups excluding carboxylic acids is 1. The Balaban J connectivity index is 2.34. The van der Waals surface area contributed by atoms with E-state index in [0.717, 1.165) is 9.36 Å². The smallest absolute Gasteiger partial charge is 0.358 e. The first-order valence-electron chi connectivity index (χ1n) is 5.01. The van der Waals surface area contributed by atoms with E-state index in [1.165, 1.54) is 7.05 Å². The minimum atomic E-state index is -0.445. The van der Waals surface area contributed by atoms with Crippen molar-refractivity contribution in [1.29, 1.82) is 0 Å². The molecule has 0 aliphatic carbocycles. The van der Waals surface area contributed by atoms with Gasteiger partial charge >= 0.3 is 5.69 Å². The summed E-state index contributed by atoms with van der Waals surface area (Å²) < 4.78 is 2.15. The molecule has 2 aromatic rings. The Morgan fingerprint density at radius 1 is 1.29 bits per heavy atom. The van der Waals surface area contributed by atoms with E-state index >= 15 is 0 Å². The van der Waals surface area contributed by atoms with Crippen molar-refractivity contribution in [2.45, 2.75) is 6.54 Å². The summed E-state index contributed by atoms with van der Waals surface area (Å²) in [5, 5.41) is 9.76. The zero-order valence-corrected chi connectivity index (χ0v) is 9.20. The van der Waals surface area contributed by atoms with Crippen LogP contribution in [0.15, 0.2) is 35.1 Å². The topological polar surface area (TPSA) is 81.8 Å². The highest BCUT2D eigenvalue weighted by molar-refractivity contribution is 5.75. The predicted molar refractivity (Wildman–Crippen MR) is 59.7 cm³/mol. The molecule has 2 rings (SSSR count). The summed E-state index contributed by atoms with van der Waals surface area (Å²) in [6.07, 6.45) is 0. The van der Waals surface area contributed by atoms with E-state index in [4.69, 9.17) is 0 Å². The van der Waals surface area contributed by atoms with Gasteiger partial charge in [0.15, 0.2) is 0 Å². The molecule has 7 heteroatoms. The maximum Gasteiger partial charge on any atom is 0.368 e. The van der Waals surface area contributed by atoms with Crippen molar-refractivity contribution in [2.24, 2.45) is 0 Å². The zero-order valence-electron chi connectivity index (χ0n) is 9.20. The van der Waals surface area contributed by atoms with Gasteiger partial charge in [0.05, 0.1) is 5.69 Å². The fraction of sp³-hybridized carbons (Fsp3) is 0.200. The molecule has 1 N–H and O–H groups in total. The minimum absolute atomic E-state index is 0.137. The van der Waals surface area contributed by atoms with Gasteiger partial charge in [-0.2, -0.15) is 9.36 Å². The van der Waals surface area contributed by atoms with Gasteiger partial charge in [-0.25, -0.2) is 4.79 Å². The SMILES string of the molecule is CNC(=O)Cn1nnn(-c2ccccc2)c1=O. The van der Waals surface area contributed by atoms with Gasteiger partial charge in [-0.3, -0.25) is 4.79 Å². The summed E-state index contributed by atoms with van der Waals surface area (Å²) in [6, 6.07) is 8.89. The maximum atomic E-state index is 11.8. The van der Waals surface area contributed by atoms with Crippen LogP contribution < -0.4 is 11.0 Å². The summed E-state index contributed by atoms with van der Waals surface area (Å²) in [4.78, 5) is 23.0. The monoisotopic (exact) mass is 233 g/mol. The van der Waals surface area contributed by atoms with Crippen LogP contribution in [0.3, 0.4) is 0 Å². The molecule has 1 amide bonds. The summed E-state index contributed by atoms with van der Waals surface area (Å²) in [5.41, 5.74) is 0.167. The molecule has 0 aliphatic heterocycles. The lowest BCUT2D eigenvalue weighted by Crippen LogP contribution is -2.31. The van der Waals surface area contributed by atoms with Crippen molar-refractivity contribution in [3.63, 3.8) is 0 Å². The molecule has 17 heavy (non-hydrogen) atoms. The first kappa shape index (κ1) is 11.1. The first-order chi connectivity index (χ1) is 8.22. The van der Waals surface area contributed by atoms with Crippen molar-refractivity contribution in [2.75, 3.05) is 7.05 Å². The van der Waals surface area contributed by atoms with Crippen LogP contribution in [0, 0.1) is 0 Å². The fourth-order valence-corrected chi connectivity index (χ4v) is 1.32. The fourth-order valence-electron chi connectivity index (χ4n) is 1.32. The van der Waals surface area contributed by atoms with Gasteiger partial charge in [-0.05, 0) is 22.6 Å². The Morgan fingerprint density at radius 3 is 2.65 bits per heavy atom. The van der Waals surface area contributed by atoms with E-state index in [1.807, 2.05) is 6.07 Å². The molecule has 0 saturated carbocycles. The third-order valence-corrected chi connectivity index (χ3v) is 2.21. The highest BCUT2D eigenvalue weighted by Gasteiger charge is 2.10. The van der Waals surface area contributed by atoms with Crippen LogP contribution in [0.4, 0.5) is 0 Å². The normalized spacial score (nSPS) is 10.2. The van der Waals surface area contributed by atoms with Gasteiger partial charge in [0, 0.05) is 7.05 Å². The Bertz CT molecular complexity index is 572. The van der Waals surface area contributed by atoms with Crippen LogP contribution in [0.25, 0.3) is 5.69 Å². The molecule has 0 unspecified atom stereocenters. The van der Waals surface area contributed by atoms with Crippen molar-refractivity contribution < 1.29 is 4.79 Å². The number of nitrogens with zero attached hydrogens (tertiary/aromatic N) is 4. The number of amides is 1. The highest BCUT2D eigenvalue weighted by Crippen LogP contribution is 2.00. The van der Waals surface area contributed by atoms with Crippen LogP contribution in [-0.2, 0) is 11.3 Å². The molecule has 0 radical (unpaired) electrons. The Kier molecular flexibility index (Phi) is 2.99. The van der Waals surface area contributed by atoms with Gasteiger partial charge in [0.1, 0.15) is 6.54 Å². The molecular weight excluding hydrogens is 222 g/mol. The third kappa shape index (κ3) is 2.22. The number of likely N-dealkylation sites (N-methyl/N-ethyl adjacent to an activating group) is 1. The highest BCUT2D eigenvalue weighted by atomic mass is 16.2. The van der Waals surface area contributed by atoms with Crippen molar-refractivity contribution >= 4 is 5.91 Å². The molecule has 1 aromatic heterocycles. The van der Waals surface area contributed by atoms with Crippen LogP contribution in [0.1, 0.15) is 0 Å². The molecule has 1 aromatic carbocycles. The number of hydrogen-bond donors (Lipinski definition) is 1. The third-order valence-electron chi connectivity index (χ3n) is 2.21. The first-order valence-corrected chi connectivity index (χ1v) is 5.01. The van der Waals surface area contributed by atoms with Gasteiger partial charge < -0.3 is 5.32 Å². The molecule has 0 aliphatic rings. The summed E-state index contributed by atoms with van der Waals surface area (Å²) >= 11 is 0. The maximum absolute atomic E-state index is 11.8. The Morgan fingerprint density at radius 2 is 2.00 bits per heavy atom. The lowest BCUT2D eigenvalue weighted by molar-refractivity contribution is -0.121. The molecule has 0 fully saturated rings. The Hall–Kier alpha value is -2.44. The number of benzene rings is 1. The van der Waals surface area contributed by atoms with E-state index in [0.29, 0.717) is 5.69 Å². The average Bonchev–Trinajstić information content (AvgIpc) is 2.72. The molecule has 7 nitrogen and oxygen atoms in total. The number of carbonyl (C=O) groups is 1. The summed E-state index contributed by atoms with van der Waals surface area (Å²) in [6.45, 7) is -0.137. The summed E-state index contributed by atoms with van der Waals surface area (Å²) in [5.74, 6) is -0.299. The van der Waals surface area contributed by atoms with E-state index in [1.54, 1.807) is 24.3 Å². The van der Waals surface area contributed by atoms with Gasteiger partial charge in [0.2, 0.25) is 5.91 Å². The average molecular weight is 233 g/mol. The van der Waals surface area contributed by atoms with Crippen LogP contribution in [-0.4, -0.2) is 32.7 Å². The quantitative estimate of drug-likeness (QED) is 0.750. The van der Waals surface area contributed by atoms with Crippen LogP contribution in [0.2, 0.25) is 0 Å². The van der Waals surface area contributed by atoms with E-state index < -0.39 is 5.69 Å². The van der Waals surface area contributed by atoms with Crippen LogP contribution in [0.5, 0.6) is 0 Å². The van der Waals surface area contributed by atoms with E-state index in [2.05, 4.69) is 15.7 Å². The zero-order chi connectivity index (χ0) is 12.3. The van der Waals surface area contributed by atoms with Gasteiger partial charge in [-0.1, -0.05) is 18.2 Å². The standard InChI is InChI=1S/C10H11N5O2/c1-11-9(16)7-14-10(17)15(13-12-14)8-5-3-2-4-6-8/h2-6H,7H2,1H3,(H,11,16). The molecule has 0 atom stereocenters. The minimum Gasteiger partial charge on any atom is -0.358 e. The van der Waals surface area contributed by atoms with Crippen molar-refractivity contribution in [3.05, 3.63) is 40.8 Å². The van der Waals surface area contributed by atoms with Gasteiger partial charge in [0.25, 0.3) is 0 Å². The van der Waals surface area contributed by atoms with E-state index in [9.17, 15) is 9.59 Å². The predicted octanol–water partition coefficient (Wildman–Crippen LogP) is -0.825. The molecule has 0 saturated heterocycles. The van der Waals surface area contributed by atoms with Gasteiger partial charge in [-0.15, -0.1) is 0 Å². The number of rotatable bonds is 3. The molecule has 1 heterocycles. The lowest BCUT2D eigenvalue weighted by Gasteiger charge is -1.97.